The molecule has 16 heavy (non-hydrogen) atoms. The molecule has 0 atom stereocenters. The van der Waals surface area contributed by atoms with Crippen LogP contribution in [0.15, 0.2) is 6.07 Å². The van der Waals surface area contributed by atoms with Crippen LogP contribution in [0.3, 0.4) is 0 Å². The van der Waals surface area contributed by atoms with E-state index in [4.69, 9.17) is 0 Å². The Kier molecular flexibility index (Phi) is 5.38. The monoisotopic (exact) mass is 285 g/mol. The van der Waals surface area contributed by atoms with E-state index in [1.54, 1.807) is 13.0 Å². The lowest BCUT2D eigenvalue weighted by atomic mass is 10.2. The molecule has 88 valence electrons. The van der Waals surface area contributed by atoms with Gasteiger partial charge < -0.3 is 5.32 Å². The van der Waals surface area contributed by atoms with E-state index in [1.807, 2.05) is 6.92 Å². The quantitative estimate of drug-likeness (QED) is 0.665. The zero-order chi connectivity index (χ0) is 12.0. The minimum Gasteiger partial charge on any atom is -0.352 e. The van der Waals surface area contributed by atoms with Crippen LogP contribution in [0, 0.1) is 13.8 Å². The maximum Gasteiger partial charge on any atom is 0.253 e. The SMILES string of the molecule is Cc1cc(C(=O)NCCCCBr)c(C)nn1. The number of carbonyl (C=O) groups is 1. The number of aromatic nitrogens is 2. The van der Waals surface area contributed by atoms with Crippen molar-refractivity contribution in [3.05, 3.63) is 23.0 Å². The second kappa shape index (κ2) is 6.58. The summed E-state index contributed by atoms with van der Waals surface area (Å²) in [5.41, 5.74) is 2.05. The number of hydrogen-bond donors (Lipinski definition) is 1. The standard InChI is InChI=1S/C11H16BrN3O/c1-8-7-10(9(2)15-14-8)11(16)13-6-4-3-5-12/h7H,3-6H2,1-2H3,(H,13,16). The number of unbranched alkanes of at least 4 members (excludes halogenated alkanes) is 1. The van der Waals surface area contributed by atoms with Crippen LogP contribution in [-0.2, 0) is 0 Å². The van der Waals surface area contributed by atoms with Gasteiger partial charge in [0.25, 0.3) is 5.91 Å². The van der Waals surface area contributed by atoms with Crippen molar-refractivity contribution >= 4 is 21.8 Å². The lowest BCUT2D eigenvalue weighted by Gasteiger charge is -2.06. The molecule has 0 bridgehead atoms. The molecule has 1 aromatic rings. The third-order valence-corrected chi connectivity index (χ3v) is 2.75. The number of hydrogen-bond acceptors (Lipinski definition) is 3. The molecule has 5 heteroatoms. The van der Waals surface area contributed by atoms with Crippen LogP contribution in [0.2, 0.25) is 0 Å². The van der Waals surface area contributed by atoms with Crippen molar-refractivity contribution in [1.29, 1.82) is 0 Å². The summed E-state index contributed by atoms with van der Waals surface area (Å²) in [6, 6.07) is 1.77. The summed E-state index contributed by atoms with van der Waals surface area (Å²) >= 11 is 3.35. The summed E-state index contributed by atoms with van der Waals surface area (Å²) in [6.07, 6.45) is 2.04. The molecule has 1 rings (SSSR count). The Morgan fingerprint density at radius 3 is 2.81 bits per heavy atom. The molecule has 0 radical (unpaired) electrons. The van der Waals surface area contributed by atoms with Gasteiger partial charge in [0.05, 0.1) is 17.0 Å². The van der Waals surface area contributed by atoms with Gasteiger partial charge in [0.1, 0.15) is 0 Å². The van der Waals surface area contributed by atoms with E-state index < -0.39 is 0 Å². The smallest absolute Gasteiger partial charge is 0.253 e. The number of rotatable bonds is 5. The molecular formula is C11H16BrN3O. The molecule has 1 heterocycles. The van der Waals surface area contributed by atoms with Crippen LogP contribution < -0.4 is 5.32 Å². The highest BCUT2D eigenvalue weighted by Gasteiger charge is 2.09. The molecule has 0 spiro atoms. The van der Waals surface area contributed by atoms with Crippen molar-refractivity contribution in [1.82, 2.24) is 15.5 Å². The highest BCUT2D eigenvalue weighted by atomic mass is 79.9. The second-order valence-corrected chi connectivity index (χ2v) is 4.43. The lowest BCUT2D eigenvalue weighted by molar-refractivity contribution is 0.0952. The Morgan fingerprint density at radius 1 is 1.38 bits per heavy atom. The van der Waals surface area contributed by atoms with Gasteiger partial charge in [-0.1, -0.05) is 15.9 Å². The Hall–Kier alpha value is -0.970. The number of amides is 1. The molecule has 1 N–H and O–H groups in total. The maximum atomic E-state index is 11.8. The third-order valence-electron chi connectivity index (χ3n) is 2.19. The molecule has 1 aromatic heterocycles. The first-order valence-corrected chi connectivity index (χ1v) is 6.42. The van der Waals surface area contributed by atoms with Gasteiger partial charge in [-0.05, 0) is 32.8 Å². The Balaban J connectivity index is 2.55. The Bertz CT molecular complexity index is 368. The number of nitrogens with zero attached hydrogens (tertiary/aromatic N) is 2. The fraction of sp³-hybridized carbons (Fsp3) is 0.545. The van der Waals surface area contributed by atoms with Gasteiger partial charge in [0.15, 0.2) is 0 Å². The number of aryl methyl sites for hydroxylation is 2. The number of nitrogens with one attached hydrogen (secondary N) is 1. The summed E-state index contributed by atoms with van der Waals surface area (Å²) in [7, 11) is 0. The largest absolute Gasteiger partial charge is 0.352 e. The zero-order valence-corrected chi connectivity index (χ0v) is 11.2. The first-order chi connectivity index (χ1) is 7.65. The maximum absolute atomic E-state index is 11.8. The molecule has 0 saturated heterocycles. The van der Waals surface area contributed by atoms with E-state index >= 15 is 0 Å². The number of carbonyl (C=O) groups excluding carboxylic acids is 1. The van der Waals surface area contributed by atoms with Crippen molar-refractivity contribution < 1.29 is 4.79 Å². The molecule has 0 aliphatic carbocycles. The van der Waals surface area contributed by atoms with Crippen LogP contribution in [0.4, 0.5) is 0 Å². The van der Waals surface area contributed by atoms with E-state index in [-0.39, 0.29) is 5.91 Å². The van der Waals surface area contributed by atoms with Gasteiger partial charge >= 0.3 is 0 Å². The fourth-order valence-electron chi connectivity index (χ4n) is 1.30. The predicted molar refractivity (Wildman–Crippen MR) is 66.9 cm³/mol. The van der Waals surface area contributed by atoms with Crippen molar-refractivity contribution in [3.63, 3.8) is 0 Å². The zero-order valence-electron chi connectivity index (χ0n) is 9.59. The fourth-order valence-corrected chi connectivity index (χ4v) is 1.69. The molecule has 4 nitrogen and oxygen atoms in total. The highest BCUT2D eigenvalue weighted by Crippen LogP contribution is 2.05. The Labute approximate surface area is 104 Å². The minimum atomic E-state index is -0.0647. The van der Waals surface area contributed by atoms with Gasteiger partial charge in [-0.15, -0.1) is 0 Å². The van der Waals surface area contributed by atoms with Gasteiger partial charge in [0, 0.05) is 11.9 Å². The second-order valence-electron chi connectivity index (χ2n) is 3.64. The molecule has 1 amide bonds. The summed E-state index contributed by atoms with van der Waals surface area (Å²) in [4.78, 5) is 11.8. The molecule has 0 fully saturated rings. The van der Waals surface area contributed by atoms with Gasteiger partial charge in [-0.3, -0.25) is 4.79 Å². The Morgan fingerprint density at radius 2 is 2.12 bits per heavy atom. The first-order valence-electron chi connectivity index (χ1n) is 5.30. The van der Waals surface area contributed by atoms with Crippen molar-refractivity contribution in [2.75, 3.05) is 11.9 Å². The van der Waals surface area contributed by atoms with Crippen LogP contribution in [0.5, 0.6) is 0 Å². The molecule has 0 aliphatic heterocycles. The lowest BCUT2D eigenvalue weighted by Crippen LogP contribution is -2.25. The van der Waals surface area contributed by atoms with E-state index in [0.717, 1.165) is 23.9 Å². The van der Waals surface area contributed by atoms with Gasteiger partial charge in [-0.25, -0.2) is 0 Å². The summed E-state index contributed by atoms with van der Waals surface area (Å²) in [6.45, 7) is 4.32. The molecular weight excluding hydrogens is 270 g/mol. The molecule has 0 saturated carbocycles. The van der Waals surface area contributed by atoms with E-state index in [0.29, 0.717) is 17.8 Å². The molecule has 0 aromatic carbocycles. The van der Waals surface area contributed by atoms with Crippen molar-refractivity contribution in [3.8, 4) is 0 Å². The molecule has 0 unspecified atom stereocenters. The molecule has 0 aliphatic rings. The van der Waals surface area contributed by atoms with Gasteiger partial charge in [0.2, 0.25) is 0 Å². The summed E-state index contributed by atoms with van der Waals surface area (Å²) in [5.74, 6) is -0.0647. The summed E-state index contributed by atoms with van der Waals surface area (Å²) < 4.78 is 0. The number of halogens is 1. The van der Waals surface area contributed by atoms with Crippen LogP contribution in [-0.4, -0.2) is 28.0 Å². The van der Waals surface area contributed by atoms with Crippen LogP contribution >= 0.6 is 15.9 Å². The van der Waals surface area contributed by atoms with Crippen LogP contribution in [0.1, 0.15) is 34.6 Å². The van der Waals surface area contributed by atoms with E-state index in [9.17, 15) is 4.79 Å². The van der Waals surface area contributed by atoms with Crippen molar-refractivity contribution in [2.45, 2.75) is 26.7 Å². The topological polar surface area (TPSA) is 54.9 Å². The number of alkyl halides is 1. The van der Waals surface area contributed by atoms with E-state index in [1.165, 1.54) is 0 Å². The average Bonchev–Trinajstić information content (AvgIpc) is 2.27. The third kappa shape index (κ3) is 3.89. The van der Waals surface area contributed by atoms with Crippen molar-refractivity contribution in [2.24, 2.45) is 0 Å². The first kappa shape index (κ1) is 13.1. The van der Waals surface area contributed by atoms with Gasteiger partial charge in [-0.2, -0.15) is 10.2 Å². The normalized spacial score (nSPS) is 10.2. The average molecular weight is 286 g/mol. The summed E-state index contributed by atoms with van der Waals surface area (Å²) in [5, 5.41) is 11.7. The van der Waals surface area contributed by atoms with E-state index in [2.05, 4.69) is 31.4 Å². The minimum absolute atomic E-state index is 0.0647. The van der Waals surface area contributed by atoms with Crippen LogP contribution in [0.25, 0.3) is 0 Å². The highest BCUT2D eigenvalue weighted by molar-refractivity contribution is 9.09. The predicted octanol–water partition coefficient (Wildman–Crippen LogP) is 2.00.